The van der Waals surface area contributed by atoms with Gasteiger partial charge in [-0.3, -0.25) is 19.7 Å². The fourth-order valence-electron chi connectivity index (χ4n) is 3.47. The summed E-state index contributed by atoms with van der Waals surface area (Å²) in [5.74, 6) is -0.668. The number of nitro benzene ring substituents is 1. The van der Waals surface area contributed by atoms with Crippen molar-refractivity contribution in [2.75, 3.05) is 12.4 Å². The number of Topliss-reactive ketones (excluding diaryl/α,β-unsaturated/α-hetero) is 1. The van der Waals surface area contributed by atoms with Crippen LogP contribution in [0.25, 0.3) is 0 Å². The molecule has 3 aromatic rings. The summed E-state index contributed by atoms with van der Waals surface area (Å²) in [5, 5.41) is 15.2. The highest BCUT2D eigenvalue weighted by molar-refractivity contribution is 6.37. The van der Waals surface area contributed by atoms with Crippen LogP contribution in [0.5, 0.6) is 11.5 Å². The summed E-state index contributed by atoms with van der Waals surface area (Å²) in [5.41, 5.74) is 1.08. The molecule has 0 aliphatic rings. The van der Waals surface area contributed by atoms with Gasteiger partial charge < -0.3 is 14.8 Å². The lowest BCUT2D eigenvalue weighted by Gasteiger charge is -2.21. The van der Waals surface area contributed by atoms with Crippen LogP contribution in [-0.4, -0.2) is 23.8 Å². The molecule has 1 N–H and O–H groups in total. The molecule has 1 atom stereocenters. The van der Waals surface area contributed by atoms with Crippen molar-refractivity contribution in [1.82, 2.24) is 0 Å². The van der Waals surface area contributed by atoms with E-state index in [4.69, 9.17) is 27.9 Å². The summed E-state index contributed by atoms with van der Waals surface area (Å²) in [6, 6.07) is 15.4. The van der Waals surface area contributed by atoms with Gasteiger partial charge in [0.15, 0.2) is 11.5 Å². The number of ketones is 1. The fraction of sp³-hybridized carbons (Fsp3) is 0.231. The summed E-state index contributed by atoms with van der Waals surface area (Å²) in [4.78, 5) is 35.8. The second kappa shape index (κ2) is 11.9. The fourth-order valence-corrected chi connectivity index (χ4v) is 4.08. The van der Waals surface area contributed by atoms with Crippen molar-refractivity contribution in [3.8, 4) is 11.5 Å². The Bertz CT molecular complexity index is 1260. The molecule has 0 saturated carbocycles. The molecule has 0 saturated heterocycles. The summed E-state index contributed by atoms with van der Waals surface area (Å²) in [6.07, 6.45) is -0.0280. The van der Waals surface area contributed by atoms with E-state index < -0.39 is 16.9 Å². The average Bonchev–Trinajstić information content (AvgIpc) is 2.85. The number of rotatable bonds is 10. The van der Waals surface area contributed by atoms with Crippen LogP contribution >= 0.6 is 23.2 Å². The predicted molar refractivity (Wildman–Crippen MR) is 138 cm³/mol. The van der Waals surface area contributed by atoms with Crippen LogP contribution in [0.3, 0.4) is 0 Å². The van der Waals surface area contributed by atoms with Gasteiger partial charge in [0.1, 0.15) is 17.5 Å². The molecule has 10 heteroatoms. The van der Waals surface area contributed by atoms with Gasteiger partial charge in [0, 0.05) is 5.92 Å². The maximum atomic E-state index is 12.9. The number of hydrogen-bond acceptors (Lipinski definition) is 7. The highest BCUT2D eigenvalue weighted by Gasteiger charge is 2.26. The molecule has 188 valence electrons. The van der Waals surface area contributed by atoms with Gasteiger partial charge >= 0.3 is 5.97 Å². The van der Waals surface area contributed by atoms with Gasteiger partial charge in [-0.1, -0.05) is 67.4 Å². The SMILES string of the molecule is COC(=O)Cc1cc(Cl)c(Oc2ccc(NC(C(=O)C(C)C)c3ccccc3)c([N+](=O)[O-])c2)c(Cl)c1. The van der Waals surface area contributed by atoms with Crippen LogP contribution in [0.1, 0.15) is 31.0 Å². The first-order chi connectivity index (χ1) is 17.1. The molecule has 0 bridgehead atoms. The Morgan fingerprint density at radius 1 is 1.03 bits per heavy atom. The predicted octanol–water partition coefficient (Wildman–Crippen LogP) is 6.79. The van der Waals surface area contributed by atoms with Crippen molar-refractivity contribution in [1.29, 1.82) is 0 Å². The van der Waals surface area contributed by atoms with Crippen LogP contribution in [-0.2, 0) is 20.7 Å². The number of halogens is 2. The molecule has 3 rings (SSSR count). The third-order valence-corrected chi connectivity index (χ3v) is 5.87. The van der Waals surface area contributed by atoms with E-state index in [1.807, 2.05) is 6.07 Å². The number of benzene rings is 3. The highest BCUT2D eigenvalue weighted by Crippen LogP contribution is 2.40. The van der Waals surface area contributed by atoms with Crippen molar-refractivity contribution in [2.45, 2.75) is 26.3 Å². The maximum Gasteiger partial charge on any atom is 0.309 e. The Kier molecular flexibility index (Phi) is 8.90. The number of carbonyl (C=O) groups is 2. The Balaban J connectivity index is 1.92. The van der Waals surface area contributed by atoms with Gasteiger partial charge in [-0.25, -0.2) is 0 Å². The molecule has 0 aliphatic heterocycles. The number of methoxy groups -OCH3 is 1. The molecule has 0 amide bonds. The van der Waals surface area contributed by atoms with Crippen molar-refractivity contribution in [2.24, 2.45) is 5.92 Å². The molecule has 0 heterocycles. The first kappa shape index (κ1) is 27.0. The molecule has 0 radical (unpaired) electrons. The van der Waals surface area contributed by atoms with Crippen molar-refractivity contribution in [3.05, 3.63) is 92.0 Å². The van der Waals surface area contributed by atoms with Crippen molar-refractivity contribution < 1.29 is 24.0 Å². The van der Waals surface area contributed by atoms with Gasteiger partial charge in [0.2, 0.25) is 0 Å². The monoisotopic (exact) mass is 530 g/mol. The van der Waals surface area contributed by atoms with E-state index in [-0.39, 0.29) is 51.0 Å². The molecule has 1 unspecified atom stereocenters. The van der Waals surface area contributed by atoms with Crippen molar-refractivity contribution >= 4 is 46.3 Å². The van der Waals surface area contributed by atoms with Crippen LogP contribution in [0.4, 0.5) is 11.4 Å². The smallest absolute Gasteiger partial charge is 0.309 e. The second-order valence-electron chi connectivity index (χ2n) is 8.22. The zero-order valence-corrected chi connectivity index (χ0v) is 21.3. The lowest BCUT2D eigenvalue weighted by molar-refractivity contribution is -0.384. The van der Waals surface area contributed by atoms with Crippen LogP contribution < -0.4 is 10.1 Å². The molecule has 3 aromatic carbocycles. The lowest BCUT2D eigenvalue weighted by Crippen LogP contribution is -2.25. The van der Waals surface area contributed by atoms with E-state index >= 15 is 0 Å². The molecule has 8 nitrogen and oxygen atoms in total. The summed E-state index contributed by atoms with van der Waals surface area (Å²) in [7, 11) is 1.27. The Morgan fingerprint density at radius 2 is 1.67 bits per heavy atom. The summed E-state index contributed by atoms with van der Waals surface area (Å²) >= 11 is 12.6. The number of nitrogens with one attached hydrogen (secondary N) is 1. The average molecular weight is 531 g/mol. The molecule has 0 aromatic heterocycles. The second-order valence-corrected chi connectivity index (χ2v) is 9.04. The Hall–Kier alpha value is -3.62. The third-order valence-electron chi connectivity index (χ3n) is 5.31. The van der Waals surface area contributed by atoms with Crippen molar-refractivity contribution in [3.63, 3.8) is 0 Å². The van der Waals surface area contributed by atoms with Crippen LogP contribution in [0, 0.1) is 16.0 Å². The lowest BCUT2D eigenvalue weighted by atomic mass is 9.95. The molecule has 0 aliphatic carbocycles. The Labute approximate surface area is 218 Å². The normalized spacial score (nSPS) is 11.6. The van der Waals surface area contributed by atoms with Gasteiger partial charge in [0.25, 0.3) is 5.69 Å². The van der Waals surface area contributed by atoms with E-state index in [0.717, 1.165) is 0 Å². The molecular formula is C26H24Cl2N2O6. The summed E-state index contributed by atoms with van der Waals surface area (Å²) < 4.78 is 10.4. The van der Waals surface area contributed by atoms with Gasteiger partial charge in [-0.05, 0) is 35.4 Å². The molecule has 0 spiro atoms. The minimum Gasteiger partial charge on any atom is -0.469 e. The van der Waals surface area contributed by atoms with E-state index in [2.05, 4.69) is 10.1 Å². The van der Waals surface area contributed by atoms with Gasteiger partial charge in [-0.2, -0.15) is 0 Å². The van der Waals surface area contributed by atoms with Gasteiger partial charge in [0.05, 0.1) is 34.6 Å². The van der Waals surface area contributed by atoms with E-state index in [1.54, 1.807) is 38.1 Å². The highest BCUT2D eigenvalue weighted by atomic mass is 35.5. The first-order valence-corrected chi connectivity index (χ1v) is 11.7. The number of ether oxygens (including phenoxy) is 2. The first-order valence-electron chi connectivity index (χ1n) is 11.0. The third kappa shape index (κ3) is 6.53. The zero-order valence-electron chi connectivity index (χ0n) is 19.8. The van der Waals surface area contributed by atoms with Crippen LogP contribution in [0.15, 0.2) is 60.7 Å². The quantitative estimate of drug-likeness (QED) is 0.174. The van der Waals surface area contributed by atoms with Gasteiger partial charge in [-0.15, -0.1) is 0 Å². The summed E-state index contributed by atoms with van der Waals surface area (Å²) in [6.45, 7) is 3.55. The number of nitro groups is 1. The Morgan fingerprint density at radius 3 is 2.22 bits per heavy atom. The number of hydrogen-bond donors (Lipinski definition) is 1. The number of carbonyl (C=O) groups excluding carboxylic acids is 2. The zero-order chi connectivity index (χ0) is 26.4. The van der Waals surface area contributed by atoms with E-state index in [0.29, 0.717) is 11.1 Å². The maximum absolute atomic E-state index is 12.9. The minimum atomic E-state index is -0.775. The molecule has 36 heavy (non-hydrogen) atoms. The van der Waals surface area contributed by atoms with E-state index in [9.17, 15) is 19.7 Å². The number of anilines is 1. The topological polar surface area (TPSA) is 108 Å². The standard InChI is InChI=1S/C26H24Cl2N2O6/c1-15(2)25(32)24(17-7-5-4-6-8-17)29-21-10-9-18(14-22(21)30(33)34)36-26-19(27)11-16(12-20(26)28)13-23(31)35-3/h4-12,14-15,24,29H,13H2,1-3H3. The number of nitrogens with zero attached hydrogens (tertiary/aromatic N) is 1. The minimum absolute atomic E-state index is 0.0280. The molecule has 0 fully saturated rings. The number of esters is 1. The largest absolute Gasteiger partial charge is 0.469 e. The van der Waals surface area contributed by atoms with Crippen LogP contribution in [0.2, 0.25) is 10.0 Å². The van der Waals surface area contributed by atoms with E-state index in [1.165, 1.54) is 37.4 Å². The molecular weight excluding hydrogens is 507 g/mol.